The number of ether oxygens (including phenoxy) is 1. The summed E-state index contributed by atoms with van der Waals surface area (Å²) >= 11 is 0. The van der Waals surface area contributed by atoms with Crippen LogP contribution in [-0.4, -0.2) is 18.4 Å². The molecule has 4 heteroatoms. The average molecular weight is 486 g/mol. The molecule has 0 aliphatic rings. The van der Waals surface area contributed by atoms with Gasteiger partial charge in [0.05, 0.1) is 0 Å². The maximum Gasteiger partial charge on any atom is 0.407 e. The number of aryl methyl sites for hydroxylation is 2. The molecule has 0 saturated heterocycles. The second-order valence-electron chi connectivity index (χ2n) is 9.74. The van der Waals surface area contributed by atoms with Gasteiger partial charge in [0.15, 0.2) is 0 Å². The molecule has 0 aliphatic heterocycles. The molecule has 1 atom stereocenters. The Hall–Kier alpha value is -3.40. The zero-order valence-corrected chi connectivity index (χ0v) is 21.4. The van der Waals surface area contributed by atoms with Crippen LogP contribution >= 0.6 is 0 Å². The molecular weight excluding hydrogens is 446 g/mol. The van der Waals surface area contributed by atoms with Crippen molar-refractivity contribution in [3.8, 4) is 0 Å². The number of ketones is 1. The highest BCUT2D eigenvalue weighted by molar-refractivity contribution is 5.78. The summed E-state index contributed by atoms with van der Waals surface area (Å²) in [6.45, 7) is 2.85. The van der Waals surface area contributed by atoms with Crippen LogP contribution in [0.15, 0.2) is 91.0 Å². The molecule has 0 aliphatic carbocycles. The number of benzene rings is 3. The highest BCUT2D eigenvalue weighted by Gasteiger charge is 2.17. The molecule has 3 rings (SSSR count). The SMILES string of the molecule is C[C@@H](CCNC(=O)OCc1ccccc1)CC(=O)CC(CCc1ccccc1)CCc1ccccc1. The smallest absolute Gasteiger partial charge is 0.407 e. The average Bonchev–Trinajstić information content (AvgIpc) is 2.90. The monoisotopic (exact) mass is 485 g/mol. The van der Waals surface area contributed by atoms with Crippen molar-refractivity contribution in [1.29, 1.82) is 0 Å². The maximum absolute atomic E-state index is 12.9. The Morgan fingerprint density at radius 1 is 0.694 bits per heavy atom. The summed E-state index contributed by atoms with van der Waals surface area (Å²) in [7, 11) is 0. The highest BCUT2D eigenvalue weighted by Crippen LogP contribution is 2.22. The van der Waals surface area contributed by atoms with Gasteiger partial charge in [0.2, 0.25) is 0 Å². The van der Waals surface area contributed by atoms with E-state index in [0.29, 0.717) is 31.1 Å². The summed E-state index contributed by atoms with van der Waals surface area (Å²) in [6.07, 6.45) is 5.54. The number of carbonyl (C=O) groups is 2. The largest absolute Gasteiger partial charge is 0.445 e. The molecule has 0 heterocycles. The molecule has 3 aromatic carbocycles. The van der Waals surface area contributed by atoms with Gasteiger partial charge >= 0.3 is 6.09 Å². The van der Waals surface area contributed by atoms with Crippen LogP contribution < -0.4 is 5.32 Å². The van der Waals surface area contributed by atoms with Crippen molar-refractivity contribution in [2.45, 2.75) is 58.5 Å². The van der Waals surface area contributed by atoms with E-state index in [4.69, 9.17) is 4.74 Å². The normalized spacial score (nSPS) is 11.7. The number of rotatable bonds is 15. The van der Waals surface area contributed by atoms with E-state index in [-0.39, 0.29) is 12.5 Å². The lowest BCUT2D eigenvalue weighted by Gasteiger charge is -2.18. The molecule has 4 nitrogen and oxygen atoms in total. The van der Waals surface area contributed by atoms with Crippen molar-refractivity contribution in [2.75, 3.05) is 6.54 Å². The van der Waals surface area contributed by atoms with E-state index in [2.05, 4.69) is 60.8 Å². The number of alkyl carbamates (subject to hydrolysis) is 1. The van der Waals surface area contributed by atoms with Gasteiger partial charge in [-0.05, 0) is 60.6 Å². The van der Waals surface area contributed by atoms with Gasteiger partial charge in [-0.15, -0.1) is 0 Å². The van der Waals surface area contributed by atoms with Gasteiger partial charge in [-0.25, -0.2) is 4.79 Å². The lowest BCUT2D eigenvalue weighted by atomic mass is 9.87. The minimum absolute atomic E-state index is 0.218. The van der Waals surface area contributed by atoms with Gasteiger partial charge in [-0.2, -0.15) is 0 Å². The topological polar surface area (TPSA) is 55.4 Å². The Bertz CT molecular complexity index is 978. The van der Waals surface area contributed by atoms with Crippen molar-refractivity contribution in [2.24, 2.45) is 11.8 Å². The van der Waals surface area contributed by atoms with E-state index in [0.717, 1.165) is 37.7 Å². The van der Waals surface area contributed by atoms with Gasteiger partial charge in [0, 0.05) is 19.4 Å². The minimum atomic E-state index is -0.417. The molecule has 0 saturated carbocycles. The summed E-state index contributed by atoms with van der Waals surface area (Å²) < 4.78 is 5.25. The third-order valence-electron chi connectivity index (χ3n) is 6.58. The predicted molar refractivity (Wildman–Crippen MR) is 146 cm³/mol. The van der Waals surface area contributed by atoms with Gasteiger partial charge in [-0.1, -0.05) is 97.9 Å². The van der Waals surface area contributed by atoms with Crippen molar-refractivity contribution in [3.63, 3.8) is 0 Å². The fourth-order valence-corrected chi connectivity index (χ4v) is 4.47. The summed E-state index contributed by atoms with van der Waals surface area (Å²) in [6, 6.07) is 30.7. The van der Waals surface area contributed by atoms with Crippen LogP contribution in [-0.2, 0) is 29.0 Å². The standard InChI is InChI=1S/C32H39NO3/c1-26(21-22-33-32(35)36-25-30-15-9-4-10-16-30)23-31(34)24-29(19-17-27-11-5-2-6-12-27)20-18-28-13-7-3-8-14-28/h2-16,26,29H,17-25H2,1H3,(H,33,35)/t26-/m0/s1. The third-order valence-corrected chi connectivity index (χ3v) is 6.58. The molecule has 1 amide bonds. The Morgan fingerprint density at radius 3 is 1.72 bits per heavy atom. The van der Waals surface area contributed by atoms with Crippen molar-refractivity contribution < 1.29 is 14.3 Å². The Kier molecular flexibility index (Phi) is 11.8. The molecule has 3 aromatic rings. The molecule has 1 N–H and O–H groups in total. The quantitative estimate of drug-likeness (QED) is 0.248. The van der Waals surface area contributed by atoms with Crippen LogP contribution in [0.2, 0.25) is 0 Å². The summed E-state index contributed by atoms with van der Waals surface area (Å²) in [5, 5.41) is 2.80. The second kappa shape index (κ2) is 15.6. The molecule has 0 aromatic heterocycles. The number of amides is 1. The number of hydrogen-bond acceptors (Lipinski definition) is 3. The number of hydrogen-bond donors (Lipinski definition) is 1. The second-order valence-corrected chi connectivity index (χ2v) is 9.74. The van der Waals surface area contributed by atoms with E-state index in [1.54, 1.807) is 0 Å². The van der Waals surface area contributed by atoms with Crippen LogP contribution in [0.3, 0.4) is 0 Å². The van der Waals surface area contributed by atoms with Gasteiger partial charge in [-0.3, -0.25) is 4.79 Å². The zero-order chi connectivity index (χ0) is 25.4. The summed E-state index contributed by atoms with van der Waals surface area (Å²) in [5.74, 6) is 0.910. The molecule has 0 spiro atoms. The first kappa shape index (κ1) is 27.2. The third kappa shape index (κ3) is 10.9. The van der Waals surface area contributed by atoms with Gasteiger partial charge in [0.1, 0.15) is 12.4 Å². The molecule has 190 valence electrons. The number of carbonyl (C=O) groups excluding carboxylic acids is 2. The molecule has 0 radical (unpaired) electrons. The summed E-state index contributed by atoms with van der Waals surface area (Å²) in [4.78, 5) is 24.9. The van der Waals surface area contributed by atoms with Crippen LogP contribution in [0.1, 0.15) is 55.7 Å². The molecule has 0 unspecified atom stereocenters. The van der Waals surface area contributed by atoms with Crippen molar-refractivity contribution in [1.82, 2.24) is 5.32 Å². The lowest BCUT2D eigenvalue weighted by molar-refractivity contribution is -0.120. The molecule has 0 bridgehead atoms. The minimum Gasteiger partial charge on any atom is -0.445 e. The van der Waals surface area contributed by atoms with E-state index in [1.807, 2.05) is 42.5 Å². The van der Waals surface area contributed by atoms with Crippen LogP contribution in [0.5, 0.6) is 0 Å². The van der Waals surface area contributed by atoms with E-state index in [1.165, 1.54) is 11.1 Å². The maximum atomic E-state index is 12.9. The van der Waals surface area contributed by atoms with Crippen LogP contribution in [0, 0.1) is 11.8 Å². The highest BCUT2D eigenvalue weighted by atomic mass is 16.5. The molecule has 0 fully saturated rings. The van der Waals surface area contributed by atoms with Crippen LogP contribution in [0.4, 0.5) is 4.79 Å². The first-order chi connectivity index (χ1) is 17.6. The fourth-order valence-electron chi connectivity index (χ4n) is 4.47. The molecule has 36 heavy (non-hydrogen) atoms. The van der Waals surface area contributed by atoms with Gasteiger partial charge < -0.3 is 10.1 Å². The van der Waals surface area contributed by atoms with E-state index >= 15 is 0 Å². The first-order valence-electron chi connectivity index (χ1n) is 13.1. The summed E-state index contributed by atoms with van der Waals surface area (Å²) in [5.41, 5.74) is 3.61. The Balaban J connectivity index is 1.39. The fraction of sp³-hybridized carbons (Fsp3) is 0.375. The number of nitrogens with one attached hydrogen (secondary N) is 1. The predicted octanol–water partition coefficient (Wildman–Crippen LogP) is 7.17. The molecular formula is C32H39NO3. The van der Waals surface area contributed by atoms with E-state index in [9.17, 15) is 9.59 Å². The Labute approximate surface area is 216 Å². The van der Waals surface area contributed by atoms with Crippen LogP contribution in [0.25, 0.3) is 0 Å². The Morgan fingerprint density at radius 2 is 1.19 bits per heavy atom. The lowest BCUT2D eigenvalue weighted by Crippen LogP contribution is -2.26. The zero-order valence-electron chi connectivity index (χ0n) is 21.4. The number of Topliss-reactive ketones (excluding diaryl/α,β-unsaturated/α-hetero) is 1. The van der Waals surface area contributed by atoms with Crippen molar-refractivity contribution in [3.05, 3.63) is 108 Å². The first-order valence-corrected chi connectivity index (χ1v) is 13.1. The van der Waals surface area contributed by atoms with E-state index < -0.39 is 6.09 Å². The van der Waals surface area contributed by atoms with Gasteiger partial charge in [0.25, 0.3) is 0 Å². The van der Waals surface area contributed by atoms with Crippen molar-refractivity contribution >= 4 is 11.9 Å².